The van der Waals surface area contributed by atoms with Gasteiger partial charge in [-0.05, 0) is 58.8 Å². The summed E-state index contributed by atoms with van der Waals surface area (Å²) >= 11 is 3.46. The number of nitrogens with zero attached hydrogens (tertiary/aromatic N) is 1. The van der Waals surface area contributed by atoms with E-state index in [1.807, 2.05) is 29.2 Å². The molecule has 4 heteroatoms. The summed E-state index contributed by atoms with van der Waals surface area (Å²) in [7, 11) is 0. The van der Waals surface area contributed by atoms with Crippen LogP contribution in [0.15, 0.2) is 59.1 Å². The van der Waals surface area contributed by atoms with E-state index in [4.69, 9.17) is 0 Å². The number of amides is 2. The second kappa shape index (κ2) is 7.64. The number of urea groups is 1. The number of rotatable bonds is 3. The third-order valence-electron chi connectivity index (χ3n) is 4.38. The molecule has 0 radical (unpaired) electrons. The molecule has 0 unspecified atom stereocenters. The predicted octanol–water partition coefficient (Wildman–Crippen LogP) is 4.94. The molecular formula is C19H21BrN2O. The van der Waals surface area contributed by atoms with Crippen LogP contribution < -0.4 is 5.32 Å². The van der Waals surface area contributed by atoms with Crippen molar-refractivity contribution in [1.29, 1.82) is 0 Å². The molecule has 1 aliphatic heterocycles. The van der Waals surface area contributed by atoms with E-state index in [-0.39, 0.29) is 6.03 Å². The first kappa shape index (κ1) is 16.1. The molecule has 2 amide bonds. The van der Waals surface area contributed by atoms with Gasteiger partial charge in [0.15, 0.2) is 0 Å². The van der Waals surface area contributed by atoms with Crippen molar-refractivity contribution in [2.24, 2.45) is 5.92 Å². The molecule has 1 saturated heterocycles. The highest BCUT2D eigenvalue weighted by molar-refractivity contribution is 9.10. The van der Waals surface area contributed by atoms with Crippen LogP contribution >= 0.6 is 15.9 Å². The molecule has 1 N–H and O–H groups in total. The third-order valence-corrected chi connectivity index (χ3v) is 5.08. The van der Waals surface area contributed by atoms with Crippen LogP contribution in [0.3, 0.4) is 0 Å². The second-order valence-corrected chi connectivity index (χ2v) is 6.88. The molecular weight excluding hydrogens is 352 g/mol. The van der Waals surface area contributed by atoms with Gasteiger partial charge in [0, 0.05) is 17.6 Å². The van der Waals surface area contributed by atoms with E-state index in [1.165, 1.54) is 5.56 Å². The van der Waals surface area contributed by atoms with Gasteiger partial charge in [0.05, 0.1) is 5.69 Å². The highest BCUT2D eigenvalue weighted by Crippen LogP contribution is 2.24. The summed E-state index contributed by atoms with van der Waals surface area (Å²) in [6.07, 6.45) is 3.25. The lowest BCUT2D eigenvalue weighted by Crippen LogP contribution is -2.41. The molecule has 2 aromatic carbocycles. The van der Waals surface area contributed by atoms with E-state index < -0.39 is 0 Å². The number of piperidine rings is 1. The Kier molecular flexibility index (Phi) is 5.34. The van der Waals surface area contributed by atoms with Crippen molar-refractivity contribution in [3.05, 3.63) is 64.6 Å². The van der Waals surface area contributed by atoms with Crippen LogP contribution in [0.2, 0.25) is 0 Å². The number of likely N-dealkylation sites (tertiary alicyclic amines) is 1. The first-order chi connectivity index (χ1) is 11.2. The number of nitrogens with one attached hydrogen (secondary N) is 1. The van der Waals surface area contributed by atoms with Crippen molar-refractivity contribution >= 4 is 27.6 Å². The van der Waals surface area contributed by atoms with Crippen molar-refractivity contribution in [3.63, 3.8) is 0 Å². The zero-order valence-electron chi connectivity index (χ0n) is 13.0. The molecule has 0 spiro atoms. The fraction of sp³-hybridized carbons (Fsp3) is 0.316. The summed E-state index contributed by atoms with van der Waals surface area (Å²) in [5.41, 5.74) is 2.22. The Balaban J connectivity index is 1.50. The van der Waals surface area contributed by atoms with Crippen LogP contribution in [0.1, 0.15) is 18.4 Å². The van der Waals surface area contributed by atoms with Gasteiger partial charge in [-0.3, -0.25) is 0 Å². The summed E-state index contributed by atoms with van der Waals surface area (Å²) in [6.45, 7) is 1.65. The minimum absolute atomic E-state index is 0.00457. The van der Waals surface area contributed by atoms with E-state index in [0.29, 0.717) is 5.92 Å². The number of para-hydroxylation sites is 1. The first-order valence-electron chi connectivity index (χ1n) is 8.07. The lowest BCUT2D eigenvalue weighted by molar-refractivity contribution is 0.182. The standard InChI is InChI=1S/C19H21BrN2O/c20-17-8-4-5-9-18(17)21-19(23)22-12-10-16(11-13-22)14-15-6-2-1-3-7-15/h1-9,16H,10-14H2,(H,21,23). The van der Waals surface area contributed by atoms with Gasteiger partial charge in [0.2, 0.25) is 0 Å². The normalized spacial score (nSPS) is 15.4. The fourth-order valence-corrected chi connectivity index (χ4v) is 3.43. The maximum atomic E-state index is 12.4. The number of hydrogen-bond acceptors (Lipinski definition) is 1. The Hall–Kier alpha value is -1.81. The molecule has 0 aliphatic carbocycles. The summed E-state index contributed by atoms with van der Waals surface area (Å²) in [6, 6.07) is 18.3. The van der Waals surface area contributed by atoms with Gasteiger partial charge in [-0.2, -0.15) is 0 Å². The maximum absolute atomic E-state index is 12.4. The van der Waals surface area contributed by atoms with Gasteiger partial charge in [-0.15, -0.1) is 0 Å². The number of benzene rings is 2. The van der Waals surface area contributed by atoms with Crippen molar-refractivity contribution in [1.82, 2.24) is 4.90 Å². The minimum Gasteiger partial charge on any atom is -0.325 e. The van der Waals surface area contributed by atoms with Gasteiger partial charge < -0.3 is 10.2 Å². The lowest BCUT2D eigenvalue weighted by Gasteiger charge is -2.32. The molecule has 2 aromatic rings. The average molecular weight is 373 g/mol. The number of halogens is 1. The summed E-state index contributed by atoms with van der Waals surface area (Å²) in [5.74, 6) is 0.671. The van der Waals surface area contributed by atoms with Gasteiger partial charge >= 0.3 is 6.03 Å². The SMILES string of the molecule is O=C(Nc1ccccc1Br)N1CCC(Cc2ccccc2)CC1. The zero-order chi connectivity index (χ0) is 16.1. The number of carbonyl (C=O) groups excluding carboxylic acids is 1. The summed E-state index contributed by atoms with van der Waals surface area (Å²) < 4.78 is 0.910. The van der Waals surface area contributed by atoms with E-state index in [2.05, 4.69) is 51.6 Å². The number of carbonyl (C=O) groups is 1. The smallest absolute Gasteiger partial charge is 0.321 e. The quantitative estimate of drug-likeness (QED) is 0.813. The van der Waals surface area contributed by atoms with Crippen molar-refractivity contribution < 1.29 is 4.79 Å². The predicted molar refractivity (Wildman–Crippen MR) is 97.6 cm³/mol. The van der Waals surface area contributed by atoms with Gasteiger partial charge in [0.1, 0.15) is 0 Å². The topological polar surface area (TPSA) is 32.3 Å². The van der Waals surface area contributed by atoms with Crippen molar-refractivity contribution in [2.45, 2.75) is 19.3 Å². The van der Waals surface area contributed by atoms with Crippen LogP contribution in [-0.2, 0) is 6.42 Å². The largest absolute Gasteiger partial charge is 0.325 e. The van der Waals surface area contributed by atoms with Crippen LogP contribution in [0, 0.1) is 5.92 Å². The highest BCUT2D eigenvalue weighted by Gasteiger charge is 2.23. The highest BCUT2D eigenvalue weighted by atomic mass is 79.9. The van der Waals surface area contributed by atoms with Gasteiger partial charge in [0.25, 0.3) is 0 Å². The molecule has 3 nitrogen and oxygen atoms in total. The Morgan fingerprint density at radius 1 is 1.04 bits per heavy atom. The molecule has 0 bridgehead atoms. The van der Waals surface area contributed by atoms with Gasteiger partial charge in [-0.1, -0.05) is 42.5 Å². The summed E-state index contributed by atoms with van der Waals surface area (Å²) in [5, 5.41) is 2.98. The first-order valence-corrected chi connectivity index (χ1v) is 8.86. The molecule has 120 valence electrons. The maximum Gasteiger partial charge on any atom is 0.321 e. The Labute approximate surface area is 145 Å². The average Bonchev–Trinajstić information content (AvgIpc) is 2.58. The van der Waals surface area contributed by atoms with Crippen LogP contribution in [-0.4, -0.2) is 24.0 Å². The molecule has 3 rings (SSSR count). The molecule has 23 heavy (non-hydrogen) atoms. The Morgan fingerprint density at radius 3 is 2.39 bits per heavy atom. The molecule has 0 saturated carbocycles. The van der Waals surface area contributed by atoms with E-state index in [9.17, 15) is 4.79 Å². The fourth-order valence-electron chi connectivity index (χ4n) is 3.04. The van der Waals surface area contributed by atoms with Crippen LogP contribution in [0.5, 0.6) is 0 Å². The summed E-state index contributed by atoms with van der Waals surface area (Å²) in [4.78, 5) is 14.3. The minimum atomic E-state index is -0.00457. The van der Waals surface area contributed by atoms with Crippen LogP contribution in [0.25, 0.3) is 0 Å². The third kappa shape index (κ3) is 4.35. The van der Waals surface area contributed by atoms with Gasteiger partial charge in [-0.25, -0.2) is 4.79 Å². The molecule has 1 aliphatic rings. The number of hydrogen-bond donors (Lipinski definition) is 1. The Bertz CT molecular complexity index is 651. The van der Waals surface area contributed by atoms with Crippen LogP contribution in [0.4, 0.5) is 10.5 Å². The Morgan fingerprint density at radius 2 is 1.70 bits per heavy atom. The van der Waals surface area contributed by atoms with Crippen molar-refractivity contribution in [3.8, 4) is 0 Å². The zero-order valence-corrected chi connectivity index (χ0v) is 14.6. The van der Waals surface area contributed by atoms with E-state index in [1.54, 1.807) is 0 Å². The molecule has 1 heterocycles. The molecule has 0 aromatic heterocycles. The van der Waals surface area contributed by atoms with Crippen molar-refractivity contribution in [2.75, 3.05) is 18.4 Å². The molecule has 1 fully saturated rings. The lowest BCUT2D eigenvalue weighted by atomic mass is 9.90. The monoisotopic (exact) mass is 372 g/mol. The molecule has 0 atom stereocenters. The number of anilines is 1. The second-order valence-electron chi connectivity index (χ2n) is 6.03. The van der Waals surface area contributed by atoms with E-state index >= 15 is 0 Å². The van der Waals surface area contributed by atoms with E-state index in [0.717, 1.165) is 42.5 Å².